The van der Waals surface area contributed by atoms with Crippen LogP contribution in [0.25, 0.3) is 0 Å². The Labute approximate surface area is 163 Å². The van der Waals surface area contributed by atoms with Gasteiger partial charge in [0.25, 0.3) is 0 Å². The summed E-state index contributed by atoms with van der Waals surface area (Å²) in [6.45, 7) is 2.92. The Hall–Kier alpha value is -2.49. The lowest BCUT2D eigenvalue weighted by atomic mass is 10.2. The molecule has 9 heteroatoms. The van der Waals surface area contributed by atoms with Gasteiger partial charge < -0.3 is 15.4 Å². The average Bonchev–Trinajstić information content (AvgIpc) is 2.69. The minimum atomic E-state index is -3.66. The molecule has 2 aromatic rings. The van der Waals surface area contributed by atoms with Crippen molar-refractivity contribution < 1.29 is 22.3 Å². The molecule has 1 saturated heterocycles. The van der Waals surface area contributed by atoms with Crippen LogP contribution in [0.5, 0.6) is 0 Å². The zero-order valence-corrected chi connectivity index (χ0v) is 16.3. The number of morpholine rings is 1. The van der Waals surface area contributed by atoms with Gasteiger partial charge in [0.05, 0.1) is 30.3 Å². The molecule has 1 aliphatic heterocycles. The zero-order valence-electron chi connectivity index (χ0n) is 15.4. The molecule has 2 N–H and O–H groups in total. The van der Waals surface area contributed by atoms with Gasteiger partial charge in [0.1, 0.15) is 5.82 Å². The molecule has 2 aromatic carbocycles. The van der Waals surface area contributed by atoms with Crippen molar-refractivity contribution in [1.82, 2.24) is 4.31 Å². The van der Waals surface area contributed by atoms with Gasteiger partial charge in [-0.25, -0.2) is 12.8 Å². The second-order valence-electron chi connectivity index (χ2n) is 6.37. The maximum absolute atomic E-state index is 13.6. The van der Waals surface area contributed by atoms with Crippen molar-refractivity contribution in [2.45, 2.75) is 11.8 Å². The number of aryl methyl sites for hydroxylation is 1. The van der Waals surface area contributed by atoms with E-state index in [1.165, 1.54) is 28.6 Å². The SMILES string of the molecule is Cc1ccc(S(=O)(=O)N2CCOCC2)cc1NC(=O)CNc1ccccc1F. The molecule has 1 aliphatic rings. The molecule has 0 bridgehead atoms. The molecule has 0 aromatic heterocycles. The van der Waals surface area contributed by atoms with E-state index < -0.39 is 21.7 Å². The summed E-state index contributed by atoms with van der Waals surface area (Å²) in [5, 5.41) is 5.41. The monoisotopic (exact) mass is 407 g/mol. The van der Waals surface area contributed by atoms with Crippen molar-refractivity contribution in [3.8, 4) is 0 Å². The van der Waals surface area contributed by atoms with Crippen LogP contribution in [0.4, 0.5) is 15.8 Å². The number of rotatable bonds is 6. The maximum Gasteiger partial charge on any atom is 0.243 e. The van der Waals surface area contributed by atoms with E-state index in [1.807, 2.05) is 0 Å². The molecule has 3 rings (SSSR count). The summed E-state index contributed by atoms with van der Waals surface area (Å²) in [7, 11) is -3.66. The summed E-state index contributed by atoms with van der Waals surface area (Å²) < 4.78 is 45.8. The molecule has 28 heavy (non-hydrogen) atoms. The molecule has 0 unspecified atom stereocenters. The van der Waals surface area contributed by atoms with Crippen molar-refractivity contribution in [2.75, 3.05) is 43.5 Å². The highest BCUT2D eigenvalue weighted by molar-refractivity contribution is 7.89. The first kappa shape index (κ1) is 20.2. The summed E-state index contributed by atoms with van der Waals surface area (Å²) >= 11 is 0. The van der Waals surface area contributed by atoms with Gasteiger partial charge in [-0.3, -0.25) is 4.79 Å². The van der Waals surface area contributed by atoms with E-state index in [0.29, 0.717) is 32.0 Å². The van der Waals surface area contributed by atoms with E-state index in [0.717, 1.165) is 5.56 Å². The van der Waals surface area contributed by atoms with Gasteiger partial charge in [-0.05, 0) is 36.8 Å². The number of nitrogens with zero attached hydrogens (tertiary/aromatic N) is 1. The quantitative estimate of drug-likeness (QED) is 0.767. The number of carbonyl (C=O) groups is 1. The Kier molecular flexibility index (Phi) is 6.28. The number of nitrogens with one attached hydrogen (secondary N) is 2. The number of hydrogen-bond acceptors (Lipinski definition) is 5. The second-order valence-corrected chi connectivity index (χ2v) is 8.31. The first-order valence-corrected chi connectivity index (χ1v) is 10.3. The third-order valence-electron chi connectivity index (χ3n) is 4.40. The smallest absolute Gasteiger partial charge is 0.243 e. The van der Waals surface area contributed by atoms with Crippen LogP contribution in [-0.2, 0) is 19.6 Å². The van der Waals surface area contributed by atoms with Crippen molar-refractivity contribution in [1.29, 1.82) is 0 Å². The number of para-hydroxylation sites is 1. The minimum Gasteiger partial charge on any atom is -0.379 e. The van der Waals surface area contributed by atoms with Crippen molar-refractivity contribution in [2.24, 2.45) is 0 Å². The number of hydrogen-bond donors (Lipinski definition) is 2. The number of amides is 1. The molecule has 1 amide bonds. The summed E-state index contributed by atoms with van der Waals surface area (Å²) in [4.78, 5) is 12.3. The summed E-state index contributed by atoms with van der Waals surface area (Å²) in [5.41, 5.74) is 1.34. The molecule has 0 aliphatic carbocycles. The zero-order chi connectivity index (χ0) is 20.1. The van der Waals surface area contributed by atoms with Gasteiger partial charge >= 0.3 is 0 Å². The number of anilines is 2. The van der Waals surface area contributed by atoms with Crippen molar-refractivity contribution >= 4 is 27.3 Å². The first-order chi connectivity index (χ1) is 13.4. The highest BCUT2D eigenvalue weighted by Crippen LogP contribution is 2.23. The van der Waals surface area contributed by atoms with Gasteiger partial charge in [0.15, 0.2) is 0 Å². The van der Waals surface area contributed by atoms with Gasteiger partial charge in [-0.2, -0.15) is 4.31 Å². The standard InChI is InChI=1S/C19H22FN3O4S/c1-14-6-7-15(28(25,26)23-8-10-27-11-9-23)12-18(14)22-19(24)13-21-17-5-3-2-4-16(17)20/h2-7,12,21H,8-11,13H2,1H3,(H,22,24). The van der Waals surface area contributed by atoms with Gasteiger partial charge in [-0.1, -0.05) is 18.2 Å². The summed E-state index contributed by atoms with van der Waals surface area (Å²) in [6, 6.07) is 10.7. The fourth-order valence-electron chi connectivity index (χ4n) is 2.81. The number of sulfonamides is 1. The molecule has 1 heterocycles. The number of benzene rings is 2. The molecule has 0 spiro atoms. The highest BCUT2D eigenvalue weighted by atomic mass is 32.2. The Morgan fingerprint density at radius 3 is 2.57 bits per heavy atom. The van der Waals surface area contributed by atoms with Crippen LogP contribution < -0.4 is 10.6 Å². The number of ether oxygens (including phenoxy) is 1. The fraction of sp³-hybridized carbons (Fsp3) is 0.316. The number of carbonyl (C=O) groups excluding carboxylic acids is 1. The Balaban J connectivity index is 1.71. The van der Waals surface area contributed by atoms with Crippen molar-refractivity contribution in [3.05, 3.63) is 53.8 Å². The lowest BCUT2D eigenvalue weighted by Gasteiger charge is -2.26. The predicted molar refractivity (Wildman–Crippen MR) is 104 cm³/mol. The predicted octanol–water partition coefficient (Wildman–Crippen LogP) is 2.21. The molecular weight excluding hydrogens is 385 g/mol. The normalized spacial score (nSPS) is 15.2. The van der Waals surface area contributed by atoms with Crippen LogP contribution in [0.2, 0.25) is 0 Å². The van der Waals surface area contributed by atoms with Crippen LogP contribution in [0.1, 0.15) is 5.56 Å². The van der Waals surface area contributed by atoms with Crippen LogP contribution in [0, 0.1) is 12.7 Å². The molecule has 150 valence electrons. The van der Waals surface area contributed by atoms with Gasteiger partial charge in [0.2, 0.25) is 15.9 Å². The lowest BCUT2D eigenvalue weighted by Crippen LogP contribution is -2.40. The Morgan fingerprint density at radius 1 is 1.14 bits per heavy atom. The molecule has 0 radical (unpaired) electrons. The van der Waals surface area contributed by atoms with Crippen LogP contribution >= 0.6 is 0 Å². The molecule has 0 atom stereocenters. The Morgan fingerprint density at radius 2 is 1.86 bits per heavy atom. The van der Waals surface area contributed by atoms with Gasteiger partial charge in [0, 0.05) is 18.8 Å². The third kappa shape index (κ3) is 4.67. The molecular formula is C19H22FN3O4S. The molecule has 1 fully saturated rings. The maximum atomic E-state index is 13.6. The van der Waals surface area contributed by atoms with E-state index in [-0.39, 0.29) is 17.1 Å². The van der Waals surface area contributed by atoms with E-state index in [1.54, 1.807) is 25.1 Å². The largest absolute Gasteiger partial charge is 0.379 e. The Bertz CT molecular complexity index is 959. The van der Waals surface area contributed by atoms with Crippen LogP contribution in [-0.4, -0.2) is 51.5 Å². The summed E-state index contributed by atoms with van der Waals surface area (Å²) in [5.74, 6) is -0.864. The van der Waals surface area contributed by atoms with Crippen LogP contribution in [0.15, 0.2) is 47.4 Å². The van der Waals surface area contributed by atoms with Crippen LogP contribution in [0.3, 0.4) is 0 Å². The van der Waals surface area contributed by atoms with Gasteiger partial charge in [-0.15, -0.1) is 0 Å². The number of halogens is 1. The highest BCUT2D eigenvalue weighted by Gasteiger charge is 2.26. The molecule has 7 nitrogen and oxygen atoms in total. The fourth-order valence-corrected chi connectivity index (χ4v) is 4.24. The van der Waals surface area contributed by atoms with E-state index in [9.17, 15) is 17.6 Å². The van der Waals surface area contributed by atoms with Crippen molar-refractivity contribution in [3.63, 3.8) is 0 Å². The second kappa shape index (κ2) is 8.68. The summed E-state index contributed by atoms with van der Waals surface area (Å²) in [6.07, 6.45) is 0. The average molecular weight is 407 g/mol. The van der Waals surface area contributed by atoms with E-state index >= 15 is 0 Å². The first-order valence-electron chi connectivity index (χ1n) is 8.85. The molecule has 0 saturated carbocycles. The third-order valence-corrected chi connectivity index (χ3v) is 6.30. The topological polar surface area (TPSA) is 87.7 Å². The minimum absolute atomic E-state index is 0.109. The van der Waals surface area contributed by atoms with E-state index in [4.69, 9.17) is 4.74 Å². The van der Waals surface area contributed by atoms with E-state index in [2.05, 4.69) is 10.6 Å². The lowest BCUT2D eigenvalue weighted by molar-refractivity contribution is -0.114.